The summed E-state index contributed by atoms with van der Waals surface area (Å²) in [5, 5.41) is 13.4. The number of carboxylic acid groups (broad SMARTS) is 1. The van der Waals surface area contributed by atoms with Gasteiger partial charge in [-0.3, -0.25) is 9.59 Å². The van der Waals surface area contributed by atoms with E-state index in [1.807, 2.05) is 0 Å². The molecular weight excluding hydrogens is 190 g/mol. The fourth-order valence-electron chi connectivity index (χ4n) is 0.879. The summed E-state index contributed by atoms with van der Waals surface area (Å²) in [4.78, 5) is 21.2. The van der Waals surface area contributed by atoms with E-state index in [0.29, 0.717) is 10.6 Å². The number of aliphatic carboxylic acids is 1. The summed E-state index contributed by atoms with van der Waals surface area (Å²) < 4.78 is 0. The molecule has 1 heterocycles. The molecule has 0 aliphatic heterocycles. The number of Topliss-reactive ketones (excluding diaryl/α,β-unsaturated/α-hetero) is 1. The molecule has 0 radical (unpaired) electrons. The first-order valence-corrected chi connectivity index (χ1v) is 4.53. The normalized spacial score (nSPS) is 9.62. The number of hydrogen-bond acceptors (Lipinski definition) is 4. The predicted octanol–water partition coefficient (Wildman–Crippen LogP) is 1.45. The largest absolute Gasteiger partial charge is 0.480 e. The van der Waals surface area contributed by atoms with E-state index in [1.165, 1.54) is 18.3 Å². The van der Waals surface area contributed by atoms with Crippen LogP contribution in [0.4, 0.5) is 5.00 Å². The number of thiophene rings is 1. The molecule has 1 aromatic rings. The minimum Gasteiger partial charge on any atom is -0.480 e. The zero-order valence-corrected chi connectivity index (χ0v) is 7.85. The smallest absolute Gasteiger partial charge is 0.322 e. The monoisotopic (exact) mass is 199 g/mol. The fourth-order valence-corrected chi connectivity index (χ4v) is 1.71. The number of carbonyl (C=O) groups is 2. The summed E-state index contributed by atoms with van der Waals surface area (Å²) in [7, 11) is 0. The molecule has 0 aromatic carbocycles. The van der Waals surface area contributed by atoms with Gasteiger partial charge in [0, 0.05) is 0 Å². The van der Waals surface area contributed by atoms with Crippen molar-refractivity contribution in [1.82, 2.24) is 0 Å². The van der Waals surface area contributed by atoms with Gasteiger partial charge in [0.2, 0.25) is 0 Å². The van der Waals surface area contributed by atoms with Gasteiger partial charge in [-0.05, 0) is 18.4 Å². The highest BCUT2D eigenvalue weighted by molar-refractivity contribution is 7.14. The second-order valence-corrected chi connectivity index (χ2v) is 3.38. The Bertz CT molecular complexity index is 332. The van der Waals surface area contributed by atoms with Gasteiger partial charge < -0.3 is 10.4 Å². The van der Waals surface area contributed by atoms with Crippen LogP contribution in [0.15, 0.2) is 11.4 Å². The Kier molecular flexibility index (Phi) is 3.02. The number of nitrogens with one attached hydrogen (secondary N) is 1. The van der Waals surface area contributed by atoms with Crippen LogP contribution in [0, 0.1) is 0 Å². The molecule has 0 fully saturated rings. The number of rotatable bonds is 4. The lowest BCUT2D eigenvalue weighted by molar-refractivity contribution is -0.134. The average molecular weight is 199 g/mol. The van der Waals surface area contributed by atoms with Crippen LogP contribution in [-0.4, -0.2) is 23.4 Å². The molecule has 0 saturated carbocycles. The van der Waals surface area contributed by atoms with Gasteiger partial charge in [-0.25, -0.2) is 0 Å². The molecule has 70 valence electrons. The lowest BCUT2D eigenvalue weighted by Crippen LogP contribution is -2.12. The van der Waals surface area contributed by atoms with E-state index in [-0.39, 0.29) is 12.3 Å². The van der Waals surface area contributed by atoms with Gasteiger partial charge in [0.05, 0.1) is 10.6 Å². The summed E-state index contributed by atoms with van der Waals surface area (Å²) >= 11 is 1.32. The van der Waals surface area contributed by atoms with E-state index in [4.69, 9.17) is 5.11 Å². The first kappa shape index (κ1) is 9.73. The van der Waals surface area contributed by atoms with E-state index in [2.05, 4.69) is 5.32 Å². The van der Waals surface area contributed by atoms with Gasteiger partial charge in [-0.1, -0.05) is 0 Å². The Morgan fingerprint density at radius 2 is 2.31 bits per heavy atom. The lowest BCUT2D eigenvalue weighted by atomic mass is 10.2. The second-order valence-electron chi connectivity index (χ2n) is 2.47. The van der Waals surface area contributed by atoms with Crippen molar-refractivity contribution in [1.29, 1.82) is 0 Å². The Morgan fingerprint density at radius 1 is 1.62 bits per heavy atom. The van der Waals surface area contributed by atoms with E-state index in [0.717, 1.165) is 0 Å². The maximum absolute atomic E-state index is 11.0. The van der Waals surface area contributed by atoms with Gasteiger partial charge in [-0.15, -0.1) is 11.3 Å². The maximum atomic E-state index is 11.0. The van der Waals surface area contributed by atoms with Crippen molar-refractivity contribution in [3.63, 3.8) is 0 Å². The standard InChI is InChI=1S/C8H9NO3S/c1-5(10)6-2-3-13-8(6)9-4-7(11)12/h2-3,9H,4H2,1H3,(H,11,12). The molecule has 4 nitrogen and oxygen atoms in total. The summed E-state index contributed by atoms with van der Waals surface area (Å²) in [6.07, 6.45) is 0. The van der Waals surface area contributed by atoms with E-state index in [1.54, 1.807) is 11.4 Å². The predicted molar refractivity (Wildman–Crippen MR) is 50.4 cm³/mol. The molecule has 0 atom stereocenters. The third-order valence-corrected chi connectivity index (χ3v) is 2.32. The Hall–Kier alpha value is -1.36. The second kappa shape index (κ2) is 4.04. The van der Waals surface area contributed by atoms with Gasteiger partial charge in [0.15, 0.2) is 5.78 Å². The summed E-state index contributed by atoms with van der Waals surface area (Å²) in [6, 6.07) is 1.68. The fraction of sp³-hybridized carbons (Fsp3) is 0.250. The molecular formula is C8H9NO3S. The molecule has 5 heteroatoms. The molecule has 13 heavy (non-hydrogen) atoms. The Morgan fingerprint density at radius 3 is 2.85 bits per heavy atom. The number of anilines is 1. The van der Waals surface area contributed by atoms with Crippen molar-refractivity contribution < 1.29 is 14.7 Å². The third kappa shape index (κ3) is 2.55. The molecule has 0 aliphatic rings. The highest BCUT2D eigenvalue weighted by Crippen LogP contribution is 2.22. The average Bonchev–Trinajstić information content (AvgIpc) is 2.47. The first-order valence-electron chi connectivity index (χ1n) is 3.65. The lowest BCUT2D eigenvalue weighted by Gasteiger charge is -2.01. The molecule has 0 aliphatic carbocycles. The topological polar surface area (TPSA) is 66.4 Å². The van der Waals surface area contributed by atoms with Gasteiger partial charge in [-0.2, -0.15) is 0 Å². The van der Waals surface area contributed by atoms with Crippen LogP contribution >= 0.6 is 11.3 Å². The van der Waals surface area contributed by atoms with Crippen LogP contribution < -0.4 is 5.32 Å². The van der Waals surface area contributed by atoms with Crippen LogP contribution in [0.3, 0.4) is 0 Å². The zero-order valence-electron chi connectivity index (χ0n) is 7.03. The Labute approximate surface area is 79.2 Å². The van der Waals surface area contributed by atoms with Gasteiger partial charge in [0.25, 0.3) is 0 Å². The van der Waals surface area contributed by atoms with Crippen molar-refractivity contribution in [3.05, 3.63) is 17.0 Å². The molecule has 1 rings (SSSR count). The van der Waals surface area contributed by atoms with Crippen LogP contribution in [0.25, 0.3) is 0 Å². The van der Waals surface area contributed by atoms with Crippen molar-refractivity contribution in [2.45, 2.75) is 6.92 Å². The summed E-state index contributed by atoms with van der Waals surface area (Å²) in [5.41, 5.74) is 0.547. The third-order valence-electron chi connectivity index (χ3n) is 1.44. The zero-order chi connectivity index (χ0) is 9.84. The van der Waals surface area contributed by atoms with E-state index >= 15 is 0 Å². The van der Waals surface area contributed by atoms with Crippen molar-refractivity contribution in [2.24, 2.45) is 0 Å². The minimum atomic E-state index is -0.942. The molecule has 0 bridgehead atoms. The molecule has 0 amide bonds. The van der Waals surface area contributed by atoms with Gasteiger partial charge in [0.1, 0.15) is 6.54 Å². The molecule has 1 aromatic heterocycles. The van der Waals surface area contributed by atoms with E-state index < -0.39 is 5.97 Å². The van der Waals surface area contributed by atoms with Crippen LogP contribution in [0.1, 0.15) is 17.3 Å². The van der Waals surface area contributed by atoms with Crippen LogP contribution in [0.5, 0.6) is 0 Å². The highest BCUT2D eigenvalue weighted by Gasteiger charge is 2.08. The van der Waals surface area contributed by atoms with Crippen molar-refractivity contribution >= 4 is 28.1 Å². The van der Waals surface area contributed by atoms with Crippen LogP contribution in [-0.2, 0) is 4.79 Å². The SMILES string of the molecule is CC(=O)c1ccsc1NCC(=O)O. The van der Waals surface area contributed by atoms with Crippen molar-refractivity contribution in [2.75, 3.05) is 11.9 Å². The van der Waals surface area contributed by atoms with Gasteiger partial charge >= 0.3 is 5.97 Å². The molecule has 0 spiro atoms. The highest BCUT2D eigenvalue weighted by atomic mass is 32.1. The Balaban J connectivity index is 2.71. The molecule has 2 N–H and O–H groups in total. The molecule has 0 saturated heterocycles. The molecule has 0 unspecified atom stereocenters. The number of ketones is 1. The quantitative estimate of drug-likeness (QED) is 0.720. The van der Waals surface area contributed by atoms with E-state index in [9.17, 15) is 9.59 Å². The minimum absolute atomic E-state index is 0.0610. The number of carboxylic acids is 1. The van der Waals surface area contributed by atoms with Crippen molar-refractivity contribution in [3.8, 4) is 0 Å². The van der Waals surface area contributed by atoms with Crippen LogP contribution in [0.2, 0.25) is 0 Å². The maximum Gasteiger partial charge on any atom is 0.322 e. The number of hydrogen-bond donors (Lipinski definition) is 2. The first-order chi connectivity index (χ1) is 6.11. The summed E-state index contributed by atoms with van der Waals surface area (Å²) in [6.45, 7) is 1.29. The summed E-state index contributed by atoms with van der Waals surface area (Å²) in [5.74, 6) is -1.00. The number of carbonyl (C=O) groups excluding carboxylic acids is 1.